The molecule has 1 aromatic heterocycles. The quantitative estimate of drug-likeness (QED) is 0.164. The van der Waals surface area contributed by atoms with Gasteiger partial charge in [0.1, 0.15) is 11.2 Å². The normalized spacial score (nSPS) is 11.9. The van der Waals surface area contributed by atoms with Gasteiger partial charge < -0.3 is 4.42 Å². The van der Waals surface area contributed by atoms with E-state index in [-0.39, 0.29) is 0 Å². The maximum Gasteiger partial charge on any atom is 0.229 e. The predicted octanol–water partition coefficient (Wildman–Crippen LogP) is 11.5. The molecule has 0 spiro atoms. The predicted molar refractivity (Wildman–Crippen MR) is 172 cm³/mol. The van der Waals surface area contributed by atoms with E-state index in [4.69, 9.17) is 11.0 Å². The minimum absolute atomic E-state index is 0.543. The summed E-state index contributed by atoms with van der Waals surface area (Å²) in [7, 11) is 0. The average molecular weight is 520 g/mol. The van der Waals surface area contributed by atoms with Crippen molar-refractivity contribution in [3.8, 4) is 22.3 Å². The topological polar surface area (TPSA) is 17.5 Å². The zero-order chi connectivity index (χ0) is 27.1. The summed E-state index contributed by atoms with van der Waals surface area (Å²) < 4.78 is 6.45. The van der Waals surface area contributed by atoms with Crippen LogP contribution in [0.2, 0.25) is 0 Å². The van der Waals surface area contributed by atoms with Gasteiger partial charge in [-0.15, -0.1) is 0 Å². The second-order valence-corrected chi connectivity index (χ2v) is 10.7. The van der Waals surface area contributed by atoms with E-state index in [1.165, 1.54) is 54.2 Å². The largest absolute Gasteiger partial charge is 0.466 e. The first kappa shape index (κ1) is 22.2. The van der Waals surface area contributed by atoms with Crippen molar-refractivity contribution in [1.29, 1.82) is 0 Å². The maximum atomic E-state index is 7.63. The highest BCUT2D eigenvalue weighted by atomic mass is 16.3. The van der Waals surface area contributed by atoms with Crippen molar-refractivity contribution >= 4 is 70.7 Å². The molecule has 1 heterocycles. The summed E-state index contributed by atoms with van der Waals surface area (Å²) in [5, 5.41) is 12.0. The van der Waals surface area contributed by atoms with Crippen LogP contribution in [0.25, 0.3) is 92.1 Å². The third kappa shape index (κ3) is 3.01. The molecule has 0 aliphatic heterocycles. The summed E-state index contributed by atoms with van der Waals surface area (Å²) in [6, 6.07) is 45.3. The second kappa shape index (κ2) is 8.18. The first-order valence-electron chi connectivity index (χ1n) is 13.8. The molecule has 0 bridgehead atoms. The number of furan rings is 1. The van der Waals surface area contributed by atoms with Gasteiger partial charge in [0.05, 0.1) is 6.57 Å². The first-order valence-corrected chi connectivity index (χ1v) is 13.8. The summed E-state index contributed by atoms with van der Waals surface area (Å²) in [4.78, 5) is 3.71. The molecule has 0 saturated heterocycles. The lowest BCUT2D eigenvalue weighted by Gasteiger charge is -2.17. The summed E-state index contributed by atoms with van der Waals surface area (Å²) >= 11 is 0. The minimum Gasteiger partial charge on any atom is -0.466 e. The Labute approximate surface area is 235 Å². The van der Waals surface area contributed by atoms with Crippen LogP contribution in [0.1, 0.15) is 0 Å². The van der Waals surface area contributed by atoms with E-state index >= 15 is 0 Å². The molecule has 0 amide bonds. The van der Waals surface area contributed by atoms with Gasteiger partial charge in [0.25, 0.3) is 0 Å². The van der Waals surface area contributed by atoms with E-state index in [9.17, 15) is 0 Å². The Morgan fingerprint density at radius 2 is 0.927 bits per heavy atom. The van der Waals surface area contributed by atoms with Gasteiger partial charge in [0.2, 0.25) is 5.69 Å². The number of fused-ring (bicyclic) bond motifs is 4. The van der Waals surface area contributed by atoms with Crippen LogP contribution in [-0.4, -0.2) is 0 Å². The molecule has 9 aromatic rings. The molecule has 0 fully saturated rings. The molecule has 2 heteroatoms. The van der Waals surface area contributed by atoms with Gasteiger partial charge in [-0.1, -0.05) is 127 Å². The molecule has 41 heavy (non-hydrogen) atoms. The number of hydrogen-bond acceptors (Lipinski definition) is 1. The lowest BCUT2D eigenvalue weighted by molar-refractivity contribution is 0.672. The molecule has 0 aliphatic carbocycles. The standard InChI is InChI=1S/C39H21NO/c1-40-35-14-6-13-34-33-12-5-11-32(38(33)41-39(34)35)29-20-16-25-17-21-30-28(19-15-24-18-22-31(29)37(25)36(24)30)27-10-4-8-23-7-2-3-9-26(23)27/h2-22H. The number of nitrogens with zero attached hydrogens (tertiary/aromatic N) is 1. The van der Waals surface area contributed by atoms with Gasteiger partial charge in [-0.05, 0) is 59.8 Å². The van der Waals surface area contributed by atoms with Crippen molar-refractivity contribution in [2.24, 2.45) is 0 Å². The van der Waals surface area contributed by atoms with Crippen LogP contribution in [-0.2, 0) is 0 Å². The Morgan fingerprint density at radius 1 is 0.390 bits per heavy atom. The van der Waals surface area contributed by atoms with Gasteiger partial charge in [-0.25, -0.2) is 4.85 Å². The van der Waals surface area contributed by atoms with Crippen molar-refractivity contribution < 1.29 is 4.42 Å². The van der Waals surface area contributed by atoms with Crippen LogP contribution in [0.15, 0.2) is 132 Å². The van der Waals surface area contributed by atoms with Crippen LogP contribution in [0, 0.1) is 6.57 Å². The van der Waals surface area contributed by atoms with Crippen molar-refractivity contribution in [3.63, 3.8) is 0 Å². The van der Waals surface area contributed by atoms with Crippen LogP contribution < -0.4 is 0 Å². The van der Waals surface area contributed by atoms with Crippen LogP contribution in [0.5, 0.6) is 0 Å². The summed E-state index contributed by atoms with van der Waals surface area (Å²) in [5.74, 6) is 0. The fourth-order valence-corrected chi connectivity index (χ4v) is 6.84. The number of benzene rings is 8. The fraction of sp³-hybridized carbons (Fsp3) is 0. The van der Waals surface area contributed by atoms with Crippen molar-refractivity contribution in [3.05, 3.63) is 139 Å². The Bertz CT molecular complexity index is 2540. The Morgan fingerprint density at radius 3 is 1.68 bits per heavy atom. The van der Waals surface area contributed by atoms with E-state index in [2.05, 4.69) is 114 Å². The van der Waals surface area contributed by atoms with Crippen molar-refractivity contribution in [2.45, 2.75) is 0 Å². The van der Waals surface area contributed by atoms with E-state index in [0.717, 1.165) is 27.5 Å². The molecule has 0 saturated carbocycles. The fourth-order valence-electron chi connectivity index (χ4n) is 6.84. The Balaban J connectivity index is 1.37. The van der Waals surface area contributed by atoms with Crippen LogP contribution in [0.4, 0.5) is 5.69 Å². The van der Waals surface area contributed by atoms with E-state index < -0.39 is 0 Å². The number of rotatable bonds is 2. The highest BCUT2D eigenvalue weighted by Gasteiger charge is 2.19. The molecule has 0 unspecified atom stereocenters. The molecule has 2 nitrogen and oxygen atoms in total. The van der Waals surface area contributed by atoms with Crippen LogP contribution in [0.3, 0.4) is 0 Å². The monoisotopic (exact) mass is 519 g/mol. The van der Waals surface area contributed by atoms with E-state index in [0.29, 0.717) is 11.3 Å². The molecule has 8 aromatic carbocycles. The SMILES string of the molecule is [C-]#[N+]c1cccc2c1oc1c(-c3ccc4ccc5c(-c6cccc7ccccc67)ccc6ccc3c4c65)cccc12. The lowest BCUT2D eigenvalue weighted by atomic mass is 9.86. The number of para-hydroxylation sites is 2. The first-order chi connectivity index (χ1) is 20.3. The molecule has 9 rings (SSSR count). The number of hydrogen-bond donors (Lipinski definition) is 0. The van der Waals surface area contributed by atoms with Gasteiger partial charge >= 0.3 is 0 Å². The van der Waals surface area contributed by atoms with Crippen molar-refractivity contribution in [2.75, 3.05) is 0 Å². The summed E-state index contributed by atoms with van der Waals surface area (Å²) in [5.41, 5.74) is 6.70. The second-order valence-electron chi connectivity index (χ2n) is 10.7. The smallest absolute Gasteiger partial charge is 0.229 e. The van der Waals surface area contributed by atoms with Gasteiger partial charge in [-0.3, -0.25) is 0 Å². The van der Waals surface area contributed by atoms with E-state index in [1.54, 1.807) is 0 Å². The maximum absolute atomic E-state index is 7.63. The third-order valence-corrected chi connectivity index (χ3v) is 8.66. The molecule has 0 N–H and O–H groups in total. The zero-order valence-electron chi connectivity index (χ0n) is 22.0. The highest BCUT2D eigenvalue weighted by Crippen LogP contribution is 2.45. The zero-order valence-corrected chi connectivity index (χ0v) is 22.0. The lowest BCUT2D eigenvalue weighted by Crippen LogP contribution is -1.90. The van der Waals surface area contributed by atoms with Gasteiger partial charge in [-0.2, -0.15) is 0 Å². The van der Waals surface area contributed by atoms with Gasteiger partial charge in [0, 0.05) is 16.3 Å². The summed E-state index contributed by atoms with van der Waals surface area (Å²) in [6.07, 6.45) is 0. The van der Waals surface area contributed by atoms with Crippen LogP contribution >= 0.6 is 0 Å². The van der Waals surface area contributed by atoms with Crippen molar-refractivity contribution in [1.82, 2.24) is 0 Å². The molecule has 0 aliphatic rings. The molecular formula is C39H21NO. The average Bonchev–Trinajstić information content (AvgIpc) is 3.42. The molecule has 188 valence electrons. The minimum atomic E-state index is 0.543. The highest BCUT2D eigenvalue weighted by molar-refractivity contribution is 6.29. The molecule has 0 radical (unpaired) electrons. The Kier molecular flexibility index (Phi) is 4.43. The van der Waals surface area contributed by atoms with Gasteiger partial charge in [0.15, 0.2) is 0 Å². The Hall–Kier alpha value is -5.65. The van der Waals surface area contributed by atoms with E-state index in [1.807, 2.05) is 18.2 Å². The third-order valence-electron chi connectivity index (χ3n) is 8.66. The molecule has 0 atom stereocenters. The summed E-state index contributed by atoms with van der Waals surface area (Å²) in [6.45, 7) is 7.63. The molecular weight excluding hydrogens is 498 g/mol.